The lowest BCUT2D eigenvalue weighted by atomic mass is 10.2. The molecule has 1 aliphatic rings. The molecule has 3 heterocycles. The summed E-state index contributed by atoms with van der Waals surface area (Å²) >= 11 is 0. The predicted molar refractivity (Wildman–Crippen MR) is 97.9 cm³/mol. The molecule has 0 saturated heterocycles. The molecule has 0 saturated carbocycles. The molecule has 1 aromatic carbocycles. The van der Waals surface area contributed by atoms with Gasteiger partial charge in [-0.3, -0.25) is 13.9 Å². The van der Waals surface area contributed by atoms with Crippen LogP contribution in [0.15, 0.2) is 46.0 Å². The van der Waals surface area contributed by atoms with Gasteiger partial charge in [0.25, 0.3) is 5.56 Å². The fraction of sp³-hybridized carbons (Fsp3) is 0.278. The van der Waals surface area contributed by atoms with Crippen molar-refractivity contribution >= 4 is 23.2 Å². The van der Waals surface area contributed by atoms with Gasteiger partial charge in [-0.15, -0.1) is 0 Å². The van der Waals surface area contributed by atoms with E-state index in [1.807, 2.05) is 22.8 Å². The molecule has 0 atom stereocenters. The molecule has 1 aliphatic heterocycles. The number of nitrogens with zero attached hydrogens (tertiary/aromatic N) is 5. The Hall–Kier alpha value is -3.09. The molecule has 2 aromatic heterocycles. The Morgan fingerprint density at radius 3 is 2.60 bits per heavy atom. The van der Waals surface area contributed by atoms with Crippen LogP contribution < -0.4 is 16.1 Å². The molecule has 0 unspecified atom stereocenters. The van der Waals surface area contributed by atoms with Crippen LogP contribution in [0.3, 0.4) is 0 Å². The molecule has 0 radical (unpaired) electrons. The Morgan fingerprint density at radius 2 is 1.84 bits per heavy atom. The van der Waals surface area contributed by atoms with E-state index in [1.165, 1.54) is 11.6 Å². The Bertz CT molecular complexity index is 1090. The van der Waals surface area contributed by atoms with Crippen LogP contribution in [0.4, 0.5) is 5.95 Å². The summed E-state index contributed by atoms with van der Waals surface area (Å²) in [5.41, 5.74) is 1.43. The summed E-state index contributed by atoms with van der Waals surface area (Å²) in [6, 6.07) is 10.1. The highest BCUT2D eigenvalue weighted by Gasteiger charge is 2.26. The number of imidazole rings is 1. The number of anilines is 1. The monoisotopic (exact) mass is 337 g/mol. The normalized spacial score (nSPS) is 13.9. The van der Waals surface area contributed by atoms with Crippen molar-refractivity contribution in [1.82, 2.24) is 18.7 Å². The number of fused-ring (bicyclic) bond motifs is 3. The molecular formula is C18H19N5O2. The quantitative estimate of drug-likeness (QED) is 0.714. The molecule has 0 spiro atoms. The van der Waals surface area contributed by atoms with Crippen LogP contribution in [0.2, 0.25) is 0 Å². The van der Waals surface area contributed by atoms with Crippen molar-refractivity contribution in [3.63, 3.8) is 0 Å². The van der Waals surface area contributed by atoms with Gasteiger partial charge in [0.2, 0.25) is 5.95 Å². The van der Waals surface area contributed by atoms with E-state index in [0.29, 0.717) is 24.3 Å². The van der Waals surface area contributed by atoms with Crippen molar-refractivity contribution < 1.29 is 0 Å². The molecule has 0 amide bonds. The number of rotatable bonds is 3. The van der Waals surface area contributed by atoms with Gasteiger partial charge in [-0.2, -0.15) is 4.98 Å². The molecule has 0 N–H and O–H groups in total. The van der Waals surface area contributed by atoms with Crippen LogP contribution in [0.1, 0.15) is 5.56 Å². The zero-order chi connectivity index (χ0) is 17.6. The Balaban J connectivity index is 1.70. The van der Waals surface area contributed by atoms with E-state index in [1.54, 1.807) is 7.05 Å². The first-order valence-electron chi connectivity index (χ1n) is 8.20. The lowest BCUT2D eigenvalue weighted by Gasteiger charge is -2.12. The zero-order valence-electron chi connectivity index (χ0n) is 14.2. The van der Waals surface area contributed by atoms with Crippen LogP contribution in [-0.4, -0.2) is 31.8 Å². The minimum Gasteiger partial charge on any atom is -0.337 e. The fourth-order valence-corrected chi connectivity index (χ4v) is 3.26. The van der Waals surface area contributed by atoms with Crippen LogP contribution in [-0.2, 0) is 20.6 Å². The van der Waals surface area contributed by atoms with Crippen molar-refractivity contribution in [2.75, 3.05) is 18.0 Å². The molecule has 7 nitrogen and oxygen atoms in total. The van der Waals surface area contributed by atoms with Crippen LogP contribution in [0, 0.1) is 0 Å². The van der Waals surface area contributed by atoms with Crippen LogP contribution in [0.25, 0.3) is 17.2 Å². The summed E-state index contributed by atoms with van der Waals surface area (Å²) in [7, 11) is 3.14. The van der Waals surface area contributed by atoms with Gasteiger partial charge < -0.3 is 9.47 Å². The van der Waals surface area contributed by atoms with Gasteiger partial charge in [0.15, 0.2) is 11.2 Å². The molecule has 0 bridgehead atoms. The van der Waals surface area contributed by atoms with E-state index >= 15 is 0 Å². The van der Waals surface area contributed by atoms with E-state index in [0.717, 1.165) is 22.6 Å². The molecule has 0 fully saturated rings. The van der Waals surface area contributed by atoms with E-state index in [2.05, 4.69) is 34.2 Å². The Morgan fingerprint density at radius 1 is 1.08 bits per heavy atom. The third kappa shape index (κ3) is 2.39. The second-order valence-electron chi connectivity index (χ2n) is 6.20. The van der Waals surface area contributed by atoms with Crippen molar-refractivity contribution in [3.8, 4) is 0 Å². The number of hydrogen-bond donors (Lipinski definition) is 0. The lowest BCUT2D eigenvalue weighted by Crippen LogP contribution is -2.37. The van der Waals surface area contributed by atoms with E-state index in [4.69, 9.17) is 0 Å². The summed E-state index contributed by atoms with van der Waals surface area (Å²) in [5, 5.41) is 0. The van der Waals surface area contributed by atoms with Gasteiger partial charge in [0.1, 0.15) is 0 Å². The summed E-state index contributed by atoms with van der Waals surface area (Å²) < 4.78 is 4.47. The summed E-state index contributed by atoms with van der Waals surface area (Å²) in [6.45, 7) is 2.19. The third-order valence-electron chi connectivity index (χ3n) is 4.64. The molecule has 7 heteroatoms. The summed E-state index contributed by atoms with van der Waals surface area (Å²) in [6.07, 6.45) is 4.15. The predicted octanol–water partition coefficient (Wildman–Crippen LogP) is 0.967. The summed E-state index contributed by atoms with van der Waals surface area (Å²) in [5.74, 6) is 0.742. The van der Waals surface area contributed by atoms with E-state index in [-0.39, 0.29) is 11.2 Å². The van der Waals surface area contributed by atoms with Crippen molar-refractivity contribution in [2.45, 2.75) is 6.54 Å². The van der Waals surface area contributed by atoms with Gasteiger partial charge in [-0.25, -0.2) is 4.79 Å². The maximum atomic E-state index is 12.5. The standard InChI is InChI=1S/C18H19N5O2/c1-20-15-14(16(24)21(2)18(20)25)23-12-11-22(17(23)19-15)10-6-9-13-7-4-3-5-8-13/h3-9H,10-12H2,1-2H3. The first-order chi connectivity index (χ1) is 12.1. The highest BCUT2D eigenvalue weighted by Crippen LogP contribution is 2.24. The number of aryl methyl sites for hydroxylation is 1. The fourth-order valence-electron chi connectivity index (χ4n) is 3.26. The first kappa shape index (κ1) is 15.4. The summed E-state index contributed by atoms with van der Waals surface area (Å²) in [4.78, 5) is 31.3. The second-order valence-corrected chi connectivity index (χ2v) is 6.20. The van der Waals surface area contributed by atoms with Gasteiger partial charge in [0.05, 0.1) is 0 Å². The topological polar surface area (TPSA) is 65.1 Å². The van der Waals surface area contributed by atoms with Crippen LogP contribution in [0.5, 0.6) is 0 Å². The van der Waals surface area contributed by atoms with Crippen molar-refractivity contribution in [1.29, 1.82) is 0 Å². The van der Waals surface area contributed by atoms with Gasteiger partial charge in [-0.05, 0) is 5.56 Å². The smallest absolute Gasteiger partial charge is 0.332 e. The van der Waals surface area contributed by atoms with Gasteiger partial charge in [0, 0.05) is 33.7 Å². The zero-order valence-corrected chi connectivity index (χ0v) is 14.2. The maximum absolute atomic E-state index is 12.5. The number of hydrogen-bond acceptors (Lipinski definition) is 4. The van der Waals surface area contributed by atoms with Crippen LogP contribution >= 0.6 is 0 Å². The average molecular weight is 337 g/mol. The molecule has 25 heavy (non-hydrogen) atoms. The largest absolute Gasteiger partial charge is 0.337 e. The lowest BCUT2D eigenvalue weighted by molar-refractivity contribution is 0.699. The van der Waals surface area contributed by atoms with Gasteiger partial charge in [-0.1, -0.05) is 42.5 Å². The highest BCUT2D eigenvalue weighted by atomic mass is 16.2. The third-order valence-corrected chi connectivity index (χ3v) is 4.64. The minimum absolute atomic E-state index is 0.293. The Labute approximate surface area is 144 Å². The number of benzene rings is 1. The van der Waals surface area contributed by atoms with Crippen molar-refractivity contribution in [3.05, 3.63) is 62.8 Å². The average Bonchev–Trinajstić information content (AvgIpc) is 3.19. The molecule has 128 valence electrons. The van der Waals surface area contributed by atoms with Gasteiger partial charge >= 0.3 is 5.69 Å². The van der Waals surface area contributed by atoms with Crippen molar-refractivity contribution in [2.24, 2.45) is 14.1 Å². The number of aromatic nitrogens is 4. The maximum Gasteiger partial charge on any atom is 0.332 e. The molecule has 3 aromatic rings. The Kier molecular flexibility index (Phi) is 3.56. The second kappa shape index (κ2) is 5.77. The highest BCUT2D eigenvalue weighted by molar-refractivity contribution is 5.75. The minimum atomic E-state index is -0.357. The SMILES string of the molecule is Cn1c(=O)c2c(nc3n2CCN3CC=Cc2ccccc2)n(C)c1=O. The molecular weight excluding hydrogens is 318 g/mol. The molecule has 0 aliphatic carbocycles. The first-order valence-corrected chi connectivity index (χ1v) is 8.20. The molecule has 4 rings (SSSR count). The van der Waals surface area contributed by atoms with E-state index < -0.39 is 0 Å². The van der Waals surface area contributed by atoms with E-state index in [9.17, 15) is 9.59 Å².